The molecule has 0 spiro atoms. The second-order valence-corrected chi connectivity index (χ2v) is 6.66. The van der Waals surface area contributed by atoms with Crippen molar-refractivity contribution in [3.05, 3.63) is 64.8 Å². The van der Waals surface area contributed by atoms with Crippen molar-refractivity contribution in [1.29, 1.82) is 0 Å². The van der Waals surface area contributed by atoms with Crippen molar-refractivity contribution in [1.82, 2.24) is 5.32 Å². The number of aliphatic imine (C=N–C) groups is 1. The lowest BCUT2D eigenvalue weighted by Crippen LogP contribution is -2.22. The topological polar surface area (TPSA) is 88.0 Å². The van der Waals surface area contributed by atoms with Crippen LogP contribution in [0.15, 0.2) is 58.4 Å². The maximum atomic E-state index is 13.2. The van der Waals surface area contributed by atoms with E-state index in [4.69, 9.17) is 9.84 Å². The molecule has 1 aliphatic heterocycles. The lowest BCUT2D eigenvalue weighted by Gasteiger charge is -2.10. The van der Waals surface area contributed by atoms with Gasteiger partial charge in [0.1, 0.15) is 11.6 Å². The number of halogens is 1. The number of amidine groups is 1. The minimum absolute atomic E-state index is 0.319. The highest BCUT2D eigenvalue weighted by molar-refractivity contribution is 8.18. The highest BCUT2D eigenvalue weighted by Crippen LogP contribution is 2.29. The van der Waals surface area contributed by atoms with Crippen molar-refractivity contribution in [2.75, 3.05) is 0 Å². The Labute approximate surface area is 158 Å². The van der Waals surface area contributed by atoms with Crippen LogP contribution in [-0.4, -0.2) is 28.3 Å². The van der Waals surface area contributed by atoms with Crippen molar-refractivity contribution in [2.45, 2.75) is 13.0 Å². The zero-order valence-electron chi connectivity index (χ0n) is 14.2. The van der Waals surface area contributed by atoms with E-state index in [9.17, 15) is 14.0 Å². The van der Waals surface area contributed by atoms with Crippen molar-refractivity contribution in [2.24, 2.45) is 4.99 Å². The summed E-state index contributed by atoms with van der Waals surface area (Å²) in [6.07, 6.45) is 0.661. The number of carboxylic acids is 1. The lowest BCUT2D eigenvalue weighted by molar-refractivity contribution is -0.144. The average molecular weight is 386 g/mol. The number of hydrogen-bond acceptors (Lipinski definition) is 5. The molecule has 1 saturated heterocycles. The lowest BCUT2D eigenvalue weighted by atomic mass is 10.2. The molecule has 0 radical (unpaired) electrons. The summed E-state index contributed by atoms with van der Waals surface area (Å²) in [4.78, 5) is 27.6. The minimum atomic E-state index is -1.07. The molecule has 1 heterocycles. The molecule has 0 aromatic heterocycles. The third-order valence-corrected chi connectivity index (χ3v) is 4.42. The largest absolute Gasteiger partial charge is 0.479 e. The number of aliphatic carboxylic acids is 1. The van der Waals surface area contributed by atoms with E-state index in [1.54, 1.807) is 36.4 Å². The molecule has 138 valence electrons. The number of carboxylic acid groups (broad SMARTS) is 1. The van der Waals surface area contributed by atoms with Crippen LogP contribution < -0.4 is 10.1 Å². The Morgan fingerprint density at radius 3 is 2.81 bits per heavy atom. The molecule has 0 bridgehead atoms. The number of benzene rings is 2. The molecule has 27 heavy (non-hydrogen) atoms. The van der Waals surface area contributed by atoms with E-state index in [0.717, 1.165) is 11.8 Å². The molecule has 6 nitrogen and oxygen atoms in total. The number of ether oxygens (including phenoxy) is 1. The molecule has 0 saturated carbocycles. The van der Waals surface area contributed by atoms with Gasteiger partial charge < -0.3 is 15.2 Å². The average Bonchev–Trinajstić information content (AvgIpc) is 2.94. The highest BCUT2D eigenvalue weighted by atomic mass is 32.2. The van der Waals surface area contributed by atoms with Gasteiger partial charge in [-0.15, -0.1) is 0 Å². The fourth-order valence-corrected chi connectivity index (χ4v) is 3.07. The number of amides is 1. The summed E-state index contributed by atoms with van der Waals surface area (Å²) in [5.74, 6) is -1.41. The van der Waals surface area contributed by atoms with E-state index in [1.807, 2.05) is 0 Å². The third-order valence-electron chi connectivity index (χ3n) is 3.51. The molecule has 2 N–H and O–H groups in total. The van der Waals surface area contributed by atoms with E-state index in [1.165, 1.54) is 25.1 Å². The summed E-state index contributed by atoms with van der Waals surface area (Å²) in [6, 6.07) is 12.5. The smallest absolute Gasteiger partial charge is 0.344 e. The zero-order valence-corrected chi connectivity index (χ0v) is 15.0. The van der Waals surface area contributed by atoms with Crippen molar-refractivity contribution in [3.63, 3.8) is 0 Å². The first kappa shape index (κ1) is 18.7. The fraction of sp³-hybridized carbons (Fsp3) is 0.105. The van der Waals surface area contributed by atoms with Crippen LogP contribution in [0.2, 0.25) is 0 Å². The van der Waals surface area contributed by atoms with Gasteiger partial charge in [-0.2, -0.15) is 0 Å². The van der Waals surface area contributed by atoms with Crippen molar-refractivity contribution in [3.8, 4) is 5.75 Å². The Morgan fingerprint density at radius 1 is 1.30 bits per heavy atom. The summed E-state index contributed by atoms with van der Waals surface area (Å²) in [5, 5.41) is 11.9. The molecule has 0 aliphatic carbocycles. The van der Waals surface area contributed by atoms with Gasteiger partial charge >= 0.3 is 5.97 Å². The van der Waals surface area contributed by atoms with E-state index in [2.05, 4.69) is 10.3 Å². The van der Waals surface area contributed by atoms with E-state index < -0.39 is 17.9 Å². The predicted molar refractivity (Wildman–Crippen MR) is 101 cm³/mol. The molecule has 1 atom stereocenters. The Bertz CT molecular complexity index is 958. The Morgan fingerprint density at radius 2 is 2.07 bits per heavy atom. The summed E-state index contributed by atoms with van der Waals surface area (Å²) in [6.45, 7) is 1.43. The van der Waals surface area contributed by atoms with Crippen LogP contribution in [0.1, 0.15) is 12.5 Å². The van der Waals surface area contributed by atoms with E-state index in [-0.39, 0.29) is 5.91 Å². The van der Waals surface area contributed by atoms with Crippen LogP contribution >= 0.6 is 11.8 Å². The van der Waals surface area contributed by atoms with Crippen molar-refractivity contribution >= 4 is 40.6 Å². The number of carbonyl (C=O) groups is 2. The number of nitrogens with one attached hydrogen (secondary N) is 1. The third kappa shape index (κ3) is 4.95. The van der Waals surface area contributed by atoms with Crippen LogP contribution in [-0.2, 0) is 9.59 Å². The van der Waals surface area contributed by atoms with Gasteiger partial charge in [-0.1, -0.05) is 18.2 Å². The first-order valence-corrected chi connectivity index (χ1v) is 8.77. The molecule has 2 aromatic rings. The van der Waals surface area contributed by atoms with Crippen LogP contribution in [0.3, 0.4) is 0 Å². The van der Waals surface area contributed by atoms with Crippen molar-refractivity contribution < 1.29 is 23.8 Å². The van der Waals surface area contributed by atoms with Crippen LogP contribution in [0.4, 0.5) is 10.1 Å². The first-order chi connectivity index (χ1) is 12.9. The SMILES string of the molecule is CC(Oc1cccc(/C=C2/SC(=Nc3cccc(F)c3)NC2=O)c1)C(=O)O. The number of rotatable bonds is 5. The second kappa shape index (κ2) is 8.05. The zero-order chi connectivity index (χ0) is 19.4. The predicted octanol–water partition coefficient (Wildman–Crippen LogP) is 3.57. The Hall–Kier alpha value is -3.13. The fourth-order valence-electron chi connectivity index (χ4n) is 2.23. The summed E-state index contributed by atoms with van der Waals surface area (Å²) >= 11 is 1.13. The summed E-state index contributed by atoms with van der Waals surface area (Å²) in [5.41, 5.74) is 1.08. The van der Waals surface area contributed by atoms with Crippen LogP contribution in [0.5, 0.6) is 5.75 Å². The van der Waals surface area contributed by atoms with Gasteiger partial charge in [0.05, 0.1) is 10.6 Å². The quantitative estimate of drug-likeness (QED) is 0.767. The maximum absolute atomic E-state index is 13.2. The van der Waals surface area contributed by atoms with Gasteiger partial charge in [-0.25, -0.2) is 14.2 Å². The van der Waals surface area contributed by atoms with Crippen LogP contribution in [0, 0.1) is 5.82 Å². The molecule has 1 unspecified atom stereocenters. The molecule has 1 aliphatic rings. The van der Waals surface area contributed by atoms with Crippen LogP contribution in [0.25, 0.3) is 6.08 Å². The van der Waals surface area contributed by atoms with E-state index in [0.29, 0.717) is 27.1 Å². The number of carbonyl (C=O) groups excluding carboxylic acids is 1. The number of thioether (sulfide) groups is 1. The molecular weight excluding hydrogens is 371 g/mol. The van der Waals surface area contributed by atoms with Gasteiger partial charge in [0.2, 0.25) is 0 Å². The van der Waals surface area contributed by atoms with Gasteiger partial charge in [0, 0.05) is 0 Å². The number of hydrogen-bond donors (Lipinski definition) is 2. The normalized spacial score (nSPS) is 17.8. The standard InChI is InChI=1S/C19H15FN2O4S/c1-11(18(24)25)26-15-7-2-4-12(8-15)9-16-17(23)22-19(27-16)21-14-6-3-5-13(20)10-14/h2-11H,1H3,(H,24,25)(H,21,22,23)/b16-9+. The van der Waals surface area contributed by atoms with E-state index >= 15 is 0 Å². The molecule has 3 rings (SSSR count). The summed E-state index contributed by atoms with van der Waals surface area (Å²) < 4.78 is 18.6. The minimum Gasteiger partial charge on any atom is -0.479 e. The first-order valence-electron chi connectivity index (χ1n) is 7.95. The van der Waals surface area contributed by atoms with Gasteiger partial charge in [0.15, 0.2) is 11.3 Å². The second-order valence-electron chi connectivity index (χ2n) is 5.63. The molecule has 2 aromatic carbocycles. The van der Waals surface area contributed by atoms with Gasteiger partial charge in [-0.3, -0.25) is 4.79 Å². The maximum Gasteiger partial charge on any atom is 0.344 e. The molecular formula is C19H15FN2O4S. The Kier molecular flexibility index (Phi) is 5.56. The Balaban J connectivity index is 1.77. The number of nitrogens with zero attached hydrogens (tertiary/aromatic N) is 1. The molecule has 1 fully saturated rings. The summed E-state index contributed by atoms with van der Waals surface area (Å²) in [7, 11) is 0. The molecule has 1 amide bonds. The van der Waals surface area contributed by atoms with Gasteiger partial charge in [0.25, 0.3) is 5.91 Å². The molecule has 8 heteroatoms. The monoisotopic (exact) mass is 386 g/mol. The highest BCUT2D eigenvalue weighted by Gasteiger charge is 2.24. The van der Waals surface area contributed by atoms with Gasteiger partial charge in [-0.05, 0) is 60.7 Å².